The molecule has 5 heteroatoms. The Morgan fingerprint density at radius 3 is 2.94 bits per heavy atom. The van der Waals surface area contributed by atoms with Crippen molar-refractivity contribution in [1.29, 1.82) is 5.26 Å². The van der Waals surface area contributed by atoms with Gasteiger partial charge in [-0.25, -0.2) is 0 Å². The molecule has 0 radical (unpaired) electrons. The van der Waals surface area contributed by atoms with Crippen molar-refractivity contribution in [1.82, 2.24) is 0 Å². The zero-order valence-electron chi connectivity index (χ0n) is 9.69. The molecule has 0 unspecified atom stereocenters. The number of benzene rings is 1. The van der Waals surface area contributed by atoms with Crippen LogP contribution in [0.25, 0.3) is 0 Å². The summed E-state index contributed by atoms with van der Waals surface area (Å²) in [6.07, 6.45) is 1.05. The van der Waals surface area contributed by atoms with Gasteiger partial charge in [-0.1, -0.05) is 0 Å². The van der Waals surface area contributed by atoms with Gasteiger partial charge >= 0.3 is 0 Å². The zero-order valence-corrected chi connectivity index (χ0v) is 9.69. The lowest BCUT2D eigenvalue weighted by Gasteiger charge is -2.08. The van der Waals surface area contributed by atoms with Gasteiger partial charge in [0.05, 0.1) is 23.0 Å². The number of ether oxygens (including phenoxy) is 1. The number of hydrogen-bond donors (Lipinski definition) is 2. The molecular formula is C12H15N3O2. The second kappa shape index (κ2) is 6.51. The van der Waals surface area contributed by atoms with Crippen molar-refractivity contribution in [2.45, 2.75) is 12.8 Å². The minimum Gasteiger partial charge on any atom is -0.397 e. The predicted octanol–water partition coefficient (Wildman–Crippen LogP) is 1.51. The molecule has 0 aromatic heterocycles. The highest BCUT2D eigenvalue weighted by Gasteiger charge is 2.05. The molecule has 0 saturated carbocycles. The third-order valence-corrected chi connectivity index (χ3v) is 2.21. The highest BCUT2D eigenvalue weighted by atomic mass is 16.5. The van der Waals surface area contributed by atoms with Crippen LogP contribution in [0.4, 0.5) is 11.4 Å². The molecule has 0 aliphatic heterocycles. The third-order valence-electron chi connectivity index (χ3n) is 2.21. The van der Waals surface area contributed by atoms with Crippen LogP contribution in [0.15, 0.2) is 18.2 Å². The van der Waals surface area contributed by atoms with E-state index in [0.29, 0.717) is 36.4 Å². The molecule has 5 nitrogen and oxygen atoms in total. The van der Waals surface area contributed by atoms with E-state index >= 15 is 0 Å². The fourth-order valence-electron chi connectivity index (χ4n) is 1.34. The molecule has 0 fully saturated rings. The first-order valence-corrected chi connectivity index (χ1v) is 5.25. The Bertz CT molecular complexity index is 438. The summed E-state index contributed by atoms with van der Waals surface area (Å²) >= 11 is 0. The van der Waals surface area contributed by atoms with E-state index in [0.717, 1.165) is 0 Å². The molecule has 0 aliphatic carbocycles. The average molecular weight is 233 g/mol. The number of nitrogens with one attached hydrogen (secondary N) is 1. The van der Waals surface area contributed by atoms with Gasteiger partial charge in [-0.2, -0.15) is 5.26 Å². The molecular weight excluding hydrogens is 218 g/mol. The molecule has 90 valence electrons. The van der Waals surface area contributed by atoms with Gasteiger partial charge in [0.15, 0.2) is 0 Å². The van der Waals surface area contributed by atoms with E-state index in [1.54, 1.807) is 19.2 Å². The monoisotopic (exact) mass is 233 g/mol. The van der Waals surface area contributed by atoms with E-state index in [1.165, 1.54) is 6.07 Å². The topological polar surface area (TPSA) is 88.1 Å². The number of amides is 1. The highest BCUT2D eigenvalue weighted by molar-refractivity contribution is 5.93. The lowest BCUT2D eigenvalue weighted by molar-refractivity contribution is -0.116. The van der Waals surface area contributed by atoms with Crippen LogP contribution in [-0.4, -0.2) is 19.6 Å². The molecule has 1 rings (SSSR count). The largest absolute Gasteiger partial charge is 0.397 e. The molecule has 0 aliphatic rings. The number of carbonyl (C=O) groups excluding carboxylic acids is 1. The van der Waals surface area contributed by atoms with Crippen LogP contribution in [0.3, 0.4) is 0 Å². The van der Waals surface area contributed by atoms with Crippen LogP contribution < -0.4 is 11.1 Å². The summed E-state index contributed by atoms with van der Waals surface area (Å²) < 4.78 is 4.86. The quantitative estimate of drug-likeness (QED) is 0.596. The normalized spacial score (nSPS) is 9.65. The molecule has 17 heavy (non-hydrogen) atoms. The molecule has 3 N–H and O–H groups in total. The Morgan fingerprint density at radius 1 is 1.59 bits per heavy atom. The van der Waals surface area contributed by atoms with Crippen molar-refractivity contribution in [3.63, 3.8) is 0 Å². The summed E-state index contributed by atoms with van der Waals surface area (Å²) in [7, 11) is 1.59. The SMILES string of the molecule is COCCCC(=O)Nc1ccc(C#N)cc1N. The Balaban J connectivity index is 2.57. The number of hydrogen-bond acceptors (Lipinski definition) is 4. The molecule has 1 aromatic rings. The molecule has 1 aromatic carbocycles. The van der Waals surface area contributed by atoms with E-state index < -0.39 is 0 Å². The van der Waals surface area contributed by atoms with Gasteiger partial charge in [0, 0.05) is 20.1 Å². The summed E-state index contributed by atoms with van der Waals surface area (Å²) in [5.41, 5.74) is 7.11. The van der Waals surface area contributed by atoms with E-state index in [4.69, 9.17) is 15.7 Å². The number of nitrogen functional groups attached to an aromatic ring is 1. The number of carbonyl (C=O) groups is 1. The lowest BCUT2D eigenvalue weighted by atomic mass is 10.2. The van der Waals surface area contributed by atoms with E-state index in [2.05, 4.69) is 5.32 Å². The van der Waals surface area contributed by atoms with Crippen LogP contribution in [0.5, 0.6) is 0 Å². The van der Waals surface area contributed by atoms with Gasteiger partial charge in [0.25, 0.3) is 0 Å². The summed E-state index contributed by atoms with van der Waals surface area (Å²) in [6, 6.07) is 6.75. The Hall–Kier alpha value is -2.06. The van der Waals surface area contributed by atoms with Crippen LogP contribution >= 0.6 is 0 Å². The van der Waals surface area contributed by atoms with Gasteiger partial charge in [0.1, 0.15) is 0 Å². The smallest absolute Gasteiger partial charge is 0.224 e. The summed E-state index contributed by atoms with van der Waals surface area (Å²) in [4.78, 5) is 11.5. The molecule has 0 heterocycles. The van der Waals surface area contributed by atoms with Gasteiger partial charge in [-0.15, -0.1) is 0 Å². The first-order valence-electron chi connectivity index (χ1n) is 5.25. The van der Waals surface area contributed by atoms with Gasteiger partial charge in [-0.3, -0.25) is 4.79 Å². The molecule has 1 amide bonds. The summed E-state index contributed by atoms with van der Waals surface area (Å²) in [5, 5.41) is 11.4. The number of nitriles is 1. The van der Waals surface area contributed by atoms with Crippen LogP contribution in [0, 0.1) is 11.3 Å². The maximum absolute atomic E-state index is 11.5. The number of methoxy groups -OCH3 is 1. The standard InChI is InChI=1S/C12H15N3O2/c1-17-6-2-3-12(16)15-11-5-4-9(8-13)7-10(11)14/h4-5,7H,2-3,6,14H2,1H3,(H,15,16). The number of nitrogens with two attached hydrogens (primary N) is 1. The number of anilines is 2. The summed E-state index contributed by atoms with van der Waals surface area (Å²) in [6.45, 7) is 0.552. The minimum absolute atomic E-state index is 0.113. The number of rotatable bonds is 5. The second-order valence-corrected chi connectivity index (χ2v) is 3.56. The first-order chi connectivity index (χ1) is 8.17. The average Bonchev–Trinajstić information content (AvgIpc) is 2.32. The second-order valence-electron chi connectivity index (χ2n) is 3.56. The maximum Gasteiger partial charge on any atom is 0.224 e. The van der Waals surface area contributed by atoms with Crippen LogP contribution in [0.2, 0.25) is 0 Å². The zero-order chi connectivity index (χ0) is 12.7. The maximum atomic E-state index is 11.5. The number of nitrogens with zero attached hydrogens (tertiary/aromatic N) is 1. The lowest BCUT2D eigenvalue weighted by Crippen LogP contribution is -2.13. The molecule has 0 spiro atoms. The van der Waals surface area contributed by atoms with Crippen molar-refractivity contribution in [2.75, 3.05) is 24.8 Å². The van der Waals surface area contributed by atoms with Gasteiger partial charge < -0.3 is 15.8 Å². The Morgan fingerprint density at radius 2 is 2.35 bits per heavy atom. The van der Waals surface area contributed by atoms with Gasteiger partial charge in [0.2, 0.25) is 5.91 Å². The van der Waals surface area contributed by atoms with Crippen molar-refractivity contribution in [3.8, 4) is 6.07 Å². The summed E-state index contributed by atoms with van der Waals surface area (Å²) in [5.74, 6) is -0.113. The van der Waals surface area contributed by atoms with E-state index in [9.17, 15) is 4.79 Å². The van der Waals surface area contributed by atoms with Crippen molar-refractivity contribution in [2.24, 2.45) is 0 Å². The van der Waals surface area contributed by atoms with Gasteiger partial charge in [-0.05, 0) is 24.6 Å². The van der Waals surface area contributed by atoms with Crippen molar-refractivity contribution in [3.05, 3.63) is 23.8 Å². The molecule has 0 saturated heterocycles. The highest BCUT2D eigenvalue weighted by Crippen LogP contribution is 2.19. The third kappa shape index (κ3) is 4.13. The fourth-order valence-corrected chi connectivity index (χ4v) is 1.34. The first kappa shape index (κ1) is 13.0. The van der Waals surface area contributed by atoms with Crippen molar-refractivity contribution < 1.29 is 9.53 Å². The van der Waals surface area contributed by atoms with Crippen LogP contribution in [0.1, 0.15) is 18.4 Å². The molecule has 0 atom stereocenters. The minimum atomic E-state index is -0.113. The Kier molecular flexibility index (Phi) is 4.98. The van der Waals surface area contributed by atoms with Crippen LogP contribution in [-0.2, 0) is 9.53 Å². The van der Waals surface area contributed by atoms with E-state index in [1.807, 2.05) is 6.07 Å². The predicted molar refractivity (Wildman–Crippen MR) is 65.3 cm³/mol. The Labute approximate surface area is 100 Å². The fraction of sp³-hybridized carbons (Fsp3) is 0.333. The van der Waals surface area contributed by atoms with Crippen molar-refractivity contribution >= 4 is 17.3 Å². The van der Waals surface area contributed by atoms with E-state index in [-0.39, 0.29) is 5.91 Å². The molecule has 0 bridgehead atoms.